The summed E-state index contributed by atoms with van der Waals surface area (Å²) in [7, 11) is 0. The summed E-state index contributed by atoms with van der Waals surface area (Å²) in [6.45, 7) is 3.45. The Kier molecular flexibility index (Phi) is 6.52. The van der Waals surface area contributed by atoms with Crippen molar-refractivity contribution >= 4 is 22.8 Å². The van der Waals surface area contributed by atoms with Crippen molar-refractivity contribution in [3.8, 4) is 0 Å². The molecule has 1 unspecified atom stereocenters. The summed E-state index contributed by atoms with van der Waals surface area (Å²) in [6.07, 6.45) is 4.40. The number of carbonyl (C=O) groups is 2. The standard InChI is InChI=1S/C12H20ClNO3/c1-2-17-12(16)9-14-8-4-3-5-10(14)6-7-11(13)15/h10H,2-9H2,1H3. The first-order chi connectivity index (χ1) is 8.13. The average molecular weight is 262 g/mol. The lowest BCUT2D eigenvalue weighted by Crippen LogP contribution is -2.43. The third-order valence-corrected chi connectivity index (χ3v) is 3.25. The van der Waals surface area contributed by atoms with Crippen molar-refractivity contribution in [2.75, 3.05) is 19.7 Å². The molecule has 1 atom stereocenters. The van der Waals surface area contributed by atoms with Crippen LogP contribution in [0, 0.1) is 0 Å². The van der Waals surface area contributed by atoms with Crippen molar-refractivity contribution < 1.29 is 14.3 Å². The van der Waals surface area contributed by atoms with Crippen molar-refractivity contribution in [2.45, 2.75) is 45.1 Å². The van der Waals surface area contributed by atoms with E-state index in [1.165, 1.54) is 0 Å². The minimum Gasteiger partial charge on any atom is -0.465 e. The number of rotatable bonds is 6. The van der Waals surface area contributed by atoms with Gasteiger partial charge >= 0.3 is 5.97 Å². The van der Waals surface area contributed by atoms with Crippen LogP contribution in [0.3, 0.4) is 0 Å². The Morgan fingerprint density at radius 3 is 2.82 bits per heavy atom. The predicted octanol–water partition coefficient (Wildman–Crippen LogP) is 1.95. The third-order valence-electron chi connectivity index (χ3n) is 3.06. The van der Waals surface area contributed by atoms with Crippen LogP contribution in [0.5, 0.6) is 0 Å². The van der Waals surface area contributed by atoms with Crippen molar-refractivity contribution in [2.24, 2.45) is 0 Å². The average Bonchev–Trinajstić information content (AvgIpc) is 2.28. The van der Waals surface area contributed by atoms with Gasteiger partial charge in [-0.1, -0.05) is 6.42 Å². The van der Waals surface area contributed by atoms with Gasteiger partial charge in [-0.2, -0.15) is 0 Å². The Hall–Kier alpha value is -0.610. The molecule has 0 aromatic rings. The molecule has 0 radical (unpaired) electrons. The fourth-order valence-corrected chi connectivity index (χ4v) is 2.36. The van der Waals surface area contributed by atoms with Gasteiger partial charge in [0.15, 0.2) is 0 Å². The summed E-state index contributed by atoms with van der Waals surface area (Å²) in [4.78, 5) is 24.3. The third kappa shape index (κ3) is 5.50. The number of likely N-dealkylation sites (tertiary alicyclic amines) is 1. The van der Waals surface area contributed by atoms with Crippen LogP contribution in [0.4, 0.5) is 0 Å². The number of carbonyl (C=O) groups excluding carboxylic acids is 2. The molecule has 0 spiro atoms. The van der Waals surface area contributed by atoms with Crippen LogP contribution in [0.15, 0.2) is 0 Å². The van der Waals surface area contributed by atoms with Gasteiger partial charge in [-0.25, -0.2) is 0 Å². The SMILES string of the molecule is CCOC(=O)CN1CCCCC1CCC(=O)Cl. The zero-order chi connectivity index (χ0) is 12.7. The quantitative estimate of drug-likeness (QED) is 0.542. The Bertz CT molecular complexity index is 270. The molecular weight excluding hydrogens is 242 g/mol. The van der Waals surface area contributed by atoms with Crippen molar-refractivity contribution in [1.29, 1.82) is 0 Å². The highest BCUT2D eigenvalue weighted by Gasteiger charge is 2.24. The summed E-state index contributed by atoms with van der Waals surface area (Å²) in [5.74, 6) is -0.184. The monoisotopic (exact) mass is 261 g/mol. The van der Waals surface area contributed by atoms with Gasteiger partial charge in [0.05, 0.1) is 13.2 Å². The second kappa shape index (κ2) is 7.67. The first-order valence-corrected chi connectivity index (χ1v) is 6.59. The molecule has 0 aromatic carbocycles. The van der Waals surface area contributed by atoms with E-state index in [9.17, 15) is 9.59 Å². The maximum atomic E-state index is 11.4. The van der Waals surface area contributed by atoms with Gasteiger partial charge < -0.3 is 4.74 Å². The summed E-state index contributed by atoms with van der Waals surface area (Å²) in [5, 5.41) is -0.299. The minimum absolute atomic E-state index is 0.184. The Morgan fingerprint density at radius 2 is 2.18 bits per heavy atom. The van der Waals surface area contributed by atoms with Gasteiger partial charge in [-0.15, -0.1) is 0 Å². The number of nitrogens with zero attached hydrogens (tertiary/aromatic N) is 1. The van der Waals surface area contributed by atoms with Crippen molar-refractivity contribution in [3.63, 3.8) is 0 Å². The topological polar surface area (TPSA) is 46.6 Å². The number of hydrogen-bond acceptors (Lipinski definition) is 4. The molecule has 0 amide bonds. The lowest BCUT2D eigenvalue weighted by molar-refractivity contribution is -0.145. The molecule has 1 saturated heterocycles. The molecule has 1 aliphatic heterocycles. The Balaban J connectivity index is 2.41. The summed E-state index contributed by atoms with van der Waals surface area (Å²) >= 11 is 5.35. The van der Waals surface area contributed by atoms with Crippen molar-refractivity contribution in [3.05, 3.63) is 0 Å². The highest BCUT2D eigenvalue weighted by atomic mass is 35.5. The first kappa shape index (κ1) is 14.5. The van der Waals surface area contributed by atoms with Gasteiger partial charge in [0, 0.05) is 12.5 Å². The van der Waals surface area contributed by atoms with Crippen LogP contribution >= 0.6 is 11.6 Å². The largest absolute Gasteiger partial charge is 0.465 e. The van der Waals surface area contributed by atoms with E-state index in [2.05, 4.69) is 4.90 Å². The highest BCUT2D eigenvalue weighted by Crippen LogP contribution is 2.21. The molecule has 0 aliphatic carbocycles. The number of piperidine rings is 1. The van der Waals surface area contributed by atoms with E-state index in [1.807, 2.05) is 0 Å². The molecule has 1 aliphatic rings. The lowest BCUT2D eigenvalue weighted by atomic mass is 9.98. The maximum absolute atomic E-state index is 11.4. The van der Waals surface area contributed by atoms with E-state index in [-0.39, 0.29) is 17.3 Å². The number of hydrogen-bond donors (Lipinski definition) is 0. The van der Waals surface area contributed by atoms with E-state index in [0.717, 1.165) is 32.2 Å². The van der Waals surface area contributed by atoms with Crippen LogP contribution in [0.2, 0.25) is 0 Å². The summed E-state index contributed by atoms with van der Waals surface area (Å²) in [5.41, 5.74) is 0. The van der Waals surface area contributed by atoms with Crippen LogP contribution in [0.1, 0.15) is 39.0 Å². The minimum atomic E-state index is -0.299. The van der Waals surface area contributed by atoms with Crippen LogP contribution < -0.4 is 0 Å². The summed E-state index contributed by atoms with van der Waals surface area (Å²) < 4.78 is 4.94. The van der Waals surface area contributed by atoms with Crippen molar-refractivity contribution in [1.82, 2.24) is 4.90 Å². The fraction of sp³-hybridized carbons (Fsp3) is 0.833. The smallest absolute Gasteiger partial charge is 0.320 e. The maximum Gasteiger partial charge on any atom is 0.320 e. The zero-order valence-corrected chi connectivity index (χ0v) is 11.0. The van der Waals surface area contributed by atoms with Crippen LogP contribution in [0.25, 0.3) is 0 Å². The molecule has 0 saturated carbocycles. The Morgan fingerprint density at radius 1 is 1.41 bits per heavy atom. The predicted molar refractivity (Wildman–Crippen MR) is 65.9 cm³/mol. The van der Waals surface area contributed by atoms with Gasteiger partial charge in [-0.05, 0) is 44.3 Å². The molecule has 0 bridgehead atoms. The molecule has 1 fully saturated rings. The molecular formula is C12H20ClNO3. The van der Waals surface area contributed by atoms with E-state index in [0.29, 0.717) is 19.6 Å². The Labute approximate surface area is 107 Å². The molecule has 0 aromatic heterocycles. The second-order valence-corrected chi connectivity index (χ2v) is 4.74. The summed E-state index contributed by atoms with van der Waals surface area (Å²) in [6, 6.07) is 0.288. The highest BCUT2D eigenvalue weighted by molar-refractivity contribution is 6.63. The van der Waals surface area contributed by atoms with E-state index in [4.69, 9.17) is 16.3 Å². The van der Waals surface area contributed by atoms with E-state index >= 15 is 0 Å². The second-order valence-electron chi connectivity index (χ2n) is 4.32. The first-order valence-electron chi connectivity index (χ1n) is 6.21. The van der Waals surface area contributed by atoms with Gasteiger partial charge in [-0.3, -0.25) is 14.5 Å². The van der Waals surface area contributed by atoms with Gasteiger partial charge in [0.25, 0.3) is 0 Å². The molecule has 0 N–H and O–H groups in total. The van der Waals surface area contributed by atoms with Crippen LogP contribution in [-0.4, -0.2) is 41.8 Å². The van der Waals surface area contributed by atoms with Gasteiger partial charge in [0.2, 0.25) is 5.24 Å². The fourth-order valence-electron chi connectivity index (χ4n) is 2.25. The lowest BCUT2D eigenvalue weighted by Gasteiger charge is -2.34. The molecule has 4 nitrogen and oxygen atoms in total. The number of halogens is 1. The van der Waals surface area contributed by atoms with Gasteiger partial charge in [0.1, 0.15) is 0 Å². The van der Waals surface area contributed by atoms with E-state index < -0.39 is 0 Å². The molecule has 98 valence electrons. The zero-order valence-electron chi connectivity index (χ0n) is 10.3. The number of ether oxygens (including phenoxy) is 1. The van der Waals surface area contributed by atoms with Crippen LogP contribution in [-0.2, 0) is 14.3 Å². The molecule has 17 heavy (non-hydrogen) atoms. The number of esters is 1. The molecule has 1 heterocycles. The molecule has 1 rings (SSSR count). The van der Waals surface area contributed by atoms with E-state index in [1.54, 1.807) is 6.92 Å². The normalized spacial score (nSPS) is 21.2. The molecule has 5 heteroatoms.